The lowest BCUT2D eigenvalue weighted by atomic mass is 9.89. The van der Waals surface area contributed by atoms with E-state index in [4.69, 9.17) is 5.73 Å². The Morgan fingerprint density at radius 1 is 1.36 bits per heavy atom. The molecule has 3 atom stereocenters. The Balaban J connectivity index is 1.83. The van der Waals surface area contributed by atoms with E-state index in [1.807, 2.05) is 0 Å². The lowest BCUT2D eigenvalue weighted by Crippen LogP contribution is -2.10. The molecule has 2 N–H and O–H groups in total. The summed E-state index contributed by atoms with van der Waals surface area (Å²) in [4.78, 5) is 0. The number of hydrogen-bond donors (Lipinski definition) is 1. The molecule has 1 nitrogen and oxygen atoms in total. The van der Waals surface area contributed by atoms with Crippen LogP contribution in [0.2, 0.25) is 0 Å². The summed E-state index contributed by atoms with van der Waals surface area (Å²) in [6, 6.07) is 0. The Labute approximate surface area is 68.7 Å². The van der Waals surface area contributed by atoms with Gasteiger partial charge >= 0.3 is 0 Å². The lowest BCUT2D eigenvalue weighted by Gasteiger charge is -2.17. The first-order valence-corrected chi connectivity index (χ1v) is 4.77. The van der Waals surface area contributed by atoms with Gasteiger partial charge in [0, 0.05) is 0 Å². The van der Waals surface area contributed by atoms with Crippen molar-refractivity contribution >= 4 is 0 Å². The molecule has 0 saturated heterocycles. The van der Waals surface area contributed by atoms with Crippen molar-refractivity contribution in [2.75, 3.05) is 6.54 Å². The van der Waals surface area contributed by atoms with Crippen molar-refractivity contribution in [1.29, 1.82) is 0 Å². The van der Waals surface area contributed by atoms with E-state index in [1.54, 1.807) is 0 Å². The Morgan fingerprint density at radius 2 is 2.27 bits per heavy atom. The average Bonchev–Trinajstić information content (AvgIpc) is 2.85. The monoisotopic (exact) mass is 151 g/mol. The molecule has 0 aliphatic heterocycles. The van der Waals surface area contributed by atoms with Crippen LogP contribution in [0.1, 0.15) is 25.7 Å². The highest BCUT2D eigenvalue weighted by Gasteiger charge is 2.40. The molecule has 0 aromatic heterocycles. The standard InChI is InChI=1S/C10H17N/c11-7-9-6-10(9)8-4-2-1-3-5-8/h1-2,8-10H,3-7,11H2. The first kappa shape index (κ1) is 7.35. The molecule has 0 aromatic carbocycles. The normalized spacial score (nSPS) is 42.5. The van der Waals surface area contributed by atoms with Gasteiger partial charge in [-0.1, -0.05) is 12.2 Å². The SMILES string of the molecule is NCC1CC1C1CC=CCC1. The highest BCUT2D eigenvalue weighted by Crippen LogP contribution is 2.47. The topological polar surface area (TPSA) is 26.0 Å². The predicted octanol–water partition coefficient (Wildman–Crippen LogP) is 1.94. The van der Waals surface area contributed by atoms with Crippen LogP contribution in [-0.4, -0.2) is 6.54 Å². The van der Waals surface area contributed by atoms with E-state index in [0.29, 0.717) is 0 Å². The molecule has 0 amide bonds. The van der Waals surface area contributed by atoms with Crippen LogP contribution in [-0.2, 0) is 0 Å². The summed E-state index contributed by atoms with van der Waals surface area (Å²) in [5.41, 5.74) is 5.61. The molecule has 0 aromatic rings. The van der Waals surface area contributed by atoms with E-state index < -0.39 is 0 Å². The molecule has 0 spiro atoms. The zero-order chi connectivity index (χ0) is 7.68. The molecule has 1 heteroatoms. The Bertz CT molecular complexity index is 162. The second kappa shape index (κ2) is 2.98. The fraction of sp³-hybridized carbons (Fsp3) is 0.800. The molecule has 2 aliphatic carbocycles. The first-order chi connectivity index (χ1) is 5.42. The van der Waals surface area contributed by atoms with Gasteiger partial charge in [-0.05, 0) is 50.0 Å². The van der Waals surface area contributed by atoms with Crippen LogP contribution in [0, 0.1) is 17.8 Å². The summed E-state index contributed by atoms with van der Waals surface area (Å²) in [6.07, 6.45) is 10.1. The molecule has 1 fully saturated rings. The van der Waals surface area contributed by atoms with Gasteiger partial charge in [0.1, 0.15) is 0 Å². The van der Waals surface area contributed by atoms with Crippen molar-refractivity contribution in [2.45, 2.75) is 25.7 Å². The summed E-state index contributed by atoms with van der Waals surface area (Å²) >= 11 is 0. The van der Waals surface area contributed by atoms with Gasteiger partial charge in [-0.25, -0.2) is 0 Å². The largest absolute Gasteiger partial charge is 0.330 e. The maximum Gasteiger partial charge on any atom is -0.00460 e. The summed E-state index contributed by atoms with van der Waals surface area (Å²) in [5, 5.41) is 0. The second-order valence-corrected chi connectivity index (χ2v) is 3.94. The van der Waals surface area contributed by atoms with Gasteiger partial charge in [0.15, 0.2) is 0 Å². The minimum absolute atomic E-state index is 0.881. The van der Waals surface area contributed by atoms with Gasteiger partial charge in [0.2, 0.25) is 0 Å². The third-order valence-corrected chi connectivity index (χ3v) is 3.20. The van der Waals surface area contributed by atoms with Crippen LogP contribution < -0.4 is 5.73 Å². The molecule has 2 aliphatic rings. The van der Waals surface area contributed by atoms with Crippen molar-refractivity contribution in [3.63, 3.8) is 0 Å². The number of nitrogens with two attached hydrogens (primary N) is 1. The van der Waals surface area contributed by atoms with Crippen LogP contribution in [0.15, 0.2) is 12.2 Å². The second-order valence-electron chi connectivity index (χ2n) is 3.94. The molecule has 1 saturated carbocycles. The maximum atomic E-state index is 5.61. The molecule has 62 valence electrons. The summed E-state index contributed by atoms with van der Waals surface area (Å²) < 4.78 is 0. The summed E-state index contributed by atoms with van der Waals surface area (Å²) in [7, 11) is 0. The highest BCUT2D eigenvalue weighted by atomic mass is 14.6. The third-order valence-electron chi connectivity index (χ3n) is 3.20. The smallest absolute Gasteiger partial charge is 0.00460 e. The molecule has 11 heavy (non-hydrogen) atoms. The van der Waals surface area contributed by atoms with E-state index >= 15 is 0 Å². The molecule has 2 rings (SSSR count). The van der Waals surface area contributed by atoms with Crippen LogP contribution in [0.25, 0.3) is 0 Å². The van der Waals surface area contributed by atoms with Gasteiger partial charge < -0.3 is 5.73 Å². The van der Waals surface area contributed by atoms with Gasteiger partial charge in [-0.15, -0.1) is 0 Å². The van der Waals surface area contributed by atoms with E-state index in [0.717, 1.165) is 24.3 Å². The molecular weight excluding hydrogens is 134 g/mol. The quantitative estimate of drug-likeness (QED) is 0.600. The molecule has 0 bridgehead atoms. The van der Waals surface area contributed by atoms with Crippen molar-refractivity contribution in [1.82, 2.24) is 0 Å². The average molecular weight is 151 g/mol. The number of rotatable bonds is 2. The Morgan fingerprint density at radius 3 is 2.82 bits per heavy atom. The van der Waals surface area contributed by atoms with E-state index in [1.165, 1.54) is 25.7 Å². The lowest BCUT2D eigenvalue weighted by molar-refractivity contribution is 0.402. The van der Waals surface area contributed by atoms with E-state index in [2.05, 4.69) is 12.2 Å². The highest BCUT2D eigenvalue weighted by molar-refractivity contribution is 4.99. The zero-order valence-corrected chi connectivity index (χ0v) is 7.00. The molecule has 0 heterocycles. The minimum Gasteiger partial charge on any atom is -0.330 e. The van der Waals surface area contributed by atoms with Crippen molar-refractivity contribution in [3.05, 3.63) is 12.2 Å². The van der Waals surface area contributed by atoms with Crippen molar-refractivity contribution in [3.8, 4) is 0 Å². The number of hydrogen-bond acceptors (Lipinski definition) is 1. The summed E-state index contributed by atoms with van der Waals surface area (Å²) in [6.45, 7) is 0.922. The zero-order valence-electron chi connectivity index (χ0n) is 7.00. The Kier molecular flexibility index (Phi) is 1.99. The first-order valence-electron chi connectivity index (χ1n) is 4.77. The fourth-order valence-corrected chi connectivity index (χ4v) is 2.33. The van der Waals surface area contributed by atoms with Crippen molar-refractivity contribution < 1.29 is 0 Å². The van der Waals surface area contributed by atoms with Crippen LogP contribution >= 0.6 is 0 Å². The van der Waals surface area contributed by atoms with Gasteiger partial charge in [0.05, 0.1) is 0 Å². The fourth-order valence-electron chi connectivity index (χ4n) is 2.33. The van der Waals surface area contributed by atoms with Crippen LogP contribution in [0.4, 0.5) is 0 Å². The van der Waals surface area contributed by atoms with Crippen LogP contribution in [0.3, 0.4) is 0 Å². The van der Waals surface area contributed by atoms with Crippen LogP contribution in [0.5, 0.6) is 0 Å². The summed E-state index contributed by atoms with van der Waals surface area (Å²) in [5.74, 6) is 2.85. The van der Waals surface area contributed by atoms with E-state index in [9.17, 15) is 0 Å². The van der Waals surface area contributed by atoms with Gasteiger partial charge in [-0.3, -0.25) is 0 Å². The number of allylic oxidation sites excluding steroid dienone is 2. The minimum atomic E-state index is 0.881. The van der Waals surface area contributed by atoms with Gasteiger partial charge in [-0.2, -0.15) is 0 Å². The molecule has 3 unspecified atom stereocenters. The van der Waals surface area contributed by atoms with Gasteiger partial charge in [0.25, 0.3) is 0 Å². The van der Waals surface area contributed by atoms with E-state index in [-0.39, 0.29) is 0 Å². The maximum absolute atomic E-state index is 5.61. The van der Waals surface area contributed by atoms with Crippen molar-refractivity contribution in [2.24, 2.45) is 23.5 Å². The molecule has 0 radical (unpaired) electrons. The third kappa shape index (κ3) is 1.48. The molecular formula is C10H17N. The predicted molar refractivity (Wildman–Crippen MR) is 47.1 cm³/mol. The Hall–Kier alpha value is -0.300.